The fraction of sp³-hybridized carbons (Fsp3) is 0.276. The molecule has 3 aliphatic rings. The largest absolute Gasteiger partial charge is 0.372 e. The van der Waals surface area contributed by atoms with Gasteiger partial charge in [-0.15, -0.1) is 0 Å². The van der Waals surface area contributed by atoms with Gasteiger partial charge in [0.15, 0.2) is 5.41 Å². The Morgan fingerprint density at radius 3 is 1.97 bits per heavy atom. The molecule has 3 heterocycles. The molecule has 3 aliphatic heterocycles. The molecule has 37 heavy (non-hydrogen) atoms. The third-order valence-corrected chi connectivity index (χ3v) is 7.83. The van der Waals surface area contributed by atoms with Gasteiger partial charge in [-0.25, -0.2) is 14.6 Å². The normalized spacial score (nSPS) is 24.8. The molecule has 8 heteroatoms. The number of amides is 4. The molecule has 3 atom stereocenters. The number of hydrogen-bond acceptors (Lipinski definition) is 5. The minimum Gasteiger partial charge on any atom is -0.372 e. The average Bonchev–Trinajstić information content (AvgIpc) is 2.89. The zero-order valence-electron chi connectivity index (χ0n) is 20.5. The number of ether oxygens (including phenoxy) is 1. The smallest absolute Gasteiger partial charge is 0.342 e. The van der Waals surface area contributed by atoms with Crippen LogP contribution in [0.25, 0.3) is 0 Å². The van der Waals surface area contributed by atoms with Gasteiger partial charge in [0.1, 0.15) is 0 Å². The van der Waals surface area contributed by atoms with Gasteiger partial charge >= 0.3 is 6.03 Å². The highest BCUT2D eigenvalue weighted by atomic mass is 35.5. The number of morpholine rings is 1. The second-order valence-electron chi connectivity index (χ2n) is 9.90. The fourth-order valence-electron chi connectivity index (χ4n) is 6.18. The second-order valence-corrected chi connectivity index (χ2v) is 10.3. The Bertz CT molecular complexity index is 1340. The van der Waals surface area contributed by atoms with E-state index in [0.29, 0.717) is 22.9 Å². The second kappa shape index (κ2) is 8.71. The number of imide groups is 2. The van der Waals surface area contributed by atoms with E-state index in [1.54, 1.807) is 54.6 Å². The molecule has 7 nitrogen and oxygen atoms in total. The minimum atomic E-state index is -1.60. The summed E-state index contributed by atoms with van der Waals surface area (Å²) in [5.74, 6) is -1.08. The van der Waals surface area contributed by atoms with Gasteiger partial charge in [-0.2, -0.15) is 0 Å². The van der Waals surface area contributed by atoms with Crippen LogP contribution in [-0.2, 0) is 20.7 Å². The van der Waals surface area contributed by atoms with E-state index in [1.807, 2.05) is 38.1 Å². The first-order valence-electron chi connectivity index (χ1n) is 12.4. The van der Waals surface area contributed by atoms with Crippen molar-refractivity contribution in [3.05, 3.63) is 89.4 Å². The Morgan fingerprint density at radius 1 is 0.838 bits per heavy atom. The Hall–Kier alpha value is -3.68. The summed E-state index contributed by atoms with van der Waals surface area (Å²) in [6.07, 6.45) is -0.466. The maximum Gasteiger partial charge on any atom is 0.342 e. The van der Waals surface area contributed by atoms with Crippen LogP contribution >= 0.6 is 11.6 Å². The molecule has 3 aromatic rings. The van der Waals surface area contributed by atoms with Crippen LogP contribution in [0.2, 0.25) is 5.02 Å². The van der Waals surface area contributed by atoms with E-state index in [0.717, 1.165) is 21.1 Å². The molecule has 0 saturated carbocycles. The van der Waals surface area contributed by atoms with Crippen LogP contribution in [0.1, 0.15) is 19.4 Å². The summed E-state index contributed by atoms with van der Waals surface area (Å²) in [6.45, 7) is 4.34. The zero-order chi connectivity index (χ0) is 25.9. The molecule has 0 radical (unpaired) electrons. The van der Waals surface area contributed by atoms with Crippen LogP contribution in [0.4, 0.5) is 21.9 Å². The lowest BCUT2D eigenvalue weighted by Gasteiger charge is -2.57. The summed E-state index contributed by atoms with van der Waals surface area (Å²) < 4.78 is 6.23. The highest BCUT2D eigenvalue weighted by Gasteiger charge is 2.67. The van der Waals surface area contributed by atoms with Crippen LogP contribution in [0, 0.1) is 5.41 Å². The van der Waals surface area contributed by atoms with Crippen molar-refractivity contribution in [3.8, 4) is 0 Å². The number of nitrogens with zero attached hydrogens (tertiary/aromatic N) is 3. The van der Waals surface area contributed by atoms with E-state index in [4.69, 9.17) is 16.3 Å². The summed E-state index contributed by atoms with van der Waals surface area (Å²) in [6, 6.07) is 21.7. The standard InChI is InChI=1S/C29H26ClN3O4/c1-18-17-31-24-15-21(30)14-13-20(24)16-29(25(31)19(2)37-18)26(34)32(22-9-5-3-6-10-22)28(36)33(27(29)35)23-11-7-4-8-12-23/h3-15,18-19,25H,16-17H2,1-2H3. The fourth-order valence-corrected chi connectivity index (χ4v) is 6.35. The predicted molar refractivity (Wildman–Crippen MR) is 142 cm³/mol. The minimum absolute atomic E-state index is 0.125. The van der Waals surface area contributed by atoms with E-state index in [-0.39, 0.29) is 12.5 Å². The monoisotopic (exact) mass is 515 g/mol. The van der Waals surface area contributed by atoms with Crippen molar-refractivity contribution < 1.29 is 19.1 Å². The number of hydrogen-bond donors (Lipinski definition) is 0. The molecule has 0 aromatic heterocycles. The first-order valence-corrected chi connectivity index (χ1v) is 12.7. The lowest BCUT2D eigenvalue weighted by molar-refractivity contribution is -0.150. The van der Waals surface area contributed by atoms with Crippen molar-refractivity contribution in [2.75, 3.05) is 21.2 Å². The number of carbonyl (C=O) groups is 3. The molecular weight excluding hydrogens is 490 g/mol. The SMILES string of the molecule is CC1CN2c3cc(Cl)ccc3CC3(C(=O)N(c4ccccc4)C(=O)N(c4ccccc4)C3=O)C2C(C)O1. The van der Waals surface area contributed by atoms with Crippen molar-refractivity contribution in [2.24, 2.45) is 5.41 Å². The number of barbiturate groups is 1. The van der Waals surface area contributed by atoms with Crippen LogP contribution in [-0.4, -0.2) is 42.6 Å². The quantitative estimate of drug-likeness (QED) is 0.446. The summed E-state index contributed by atoms with van der Waals surface area (Å²) >= 11 is 6.39. The number of fused-ring (bicyclic) bond motifs is 4. The maximum absolute atomic E-state index is 14.6. The van der Waals surface area contributed by atoms with Crippen LogP contribution < -0.4 is 14.7 Å². The van der Waals surface area contributed by atoms with Gasteiger partial charge in [0.05, 0.1) is 29.6 Å². The van der Waals surface area contributed by atoms with Crippen LogP contribution in [0.5, 0.6) is 0 Å². The van der Waals surface area contributed by atoms with Gasteiger partial charge < -0.3 is 9.64 Å². The van der Waals surface area contributed by atoms with E-state index >= 15 is 0 Å². The summed E-state index contributed by atoms with van der Waals surface area (Å²) in [4.78, 5) is 47.5. The Kier molecular flexibility index (Phi) is 5.58. The number of urea groups is 1. The lowest BCUT2D eigenvalue weighted by Crippen LogP contribution is -2.76. The van der Waals surface area contributed by atoms with Crippen molar-refractivity contribution in [1.82, 2.24) is 0 Å². The molecule has 1 spiro atoms. The summed E-state index contributed by atoms with van der Waals surface area (Å²) in [7, 11) is 0. The van der Waals surface area contributed by atoms with E-state index < -0.39 is 35.4 Å². The third-order valence-electron chi connectivity index (χ3n) is 7.59. The van der Waals surface area contributed by atoms with Gasteiger partial charge in [0, 0.05) is 17.3 Å². The molecule has 4 amide bonds. The van der Waals surface area contributed by atoms with Crippen molar-refractivity contribution in [1.29, 1.82) is 0 Å². The number of para-hydroxylation sites is 2. The van der Waals surface area contributed by atoms with Gasteiger partial charge in [-0.05, 0) is 62.2 Å². The number of halogens is 1. The predicted octanol–water partition coefficient (Wildman–Crippen LogP) is 5.06. The van der Waals surface area contributed by atoms with Crippen molar-refractivity contribution in [3.63, 3.8) is 0 Å². The van der Waals surface area contributed by atoms with Crippen LogP contribution in [0.3, 0.4) is 0 Å². The zero-order valence-corrected chi connectivity index (χ0v) is 21.3. The number of carbonyl (C=O) groups excluding carboxylic acids is 3. The topological polar surface area (TPSA) is 70.2 Å². The van der Waals surface area contributed by atoms with Crippen LogP contribution in [0.15, 0.2) is 78.9 Å². The maximum atomic E-state index is 14.6. The number of anilines is 3. The lowest BCUT2D eigenvalue weighted by atomic mass is 9.65. The molecular formula is C29H26ClN3O4. The van der Waals surface area contributed by atoms with Gasteiger partial charge in [0.2, 0.25) is 0 Å². The van der Waals surface area contributed by atoms with Gasteiger partial charge in [0.25, 0.3) is 11.8 Å². The Labute approximate surface area is 220 Å². The van der Waals surface area contributed by atoms with Gasteiger partial charge in [-0.1, -0.05) is 54.1 Å². The molecule has 0 aliphatic carbocycles. The van der Waals surface area contributed by atoms with Gasteiger partial charge in [-0.3, -0.25) is 9.59 Å². The highest BCUT2D eigenvalue weighted by molar-refractivity contribution is 6.39. The first-order chi connectivity index (χ1) is 17.8. The summed E-state index contributed by atoms with van der Waals surface area (Å²) in [5, 5.41) is 0.577. The molecule has 0 N–H and O–H groups in total. The first kappa shape index (κ1) is 23.7. The molecule has 3 aromatic carbocycles. The van der Waals surface area contributed by atoms with E-state index in [1.165, 1.54) is 0 Å². The molecule has 2 saturated heterocycles. The van der Waals surface area contributed by atoms with E-state index in [2.05, 4.69) is 4.90 Å². The number of benzene rings is 3. The third kappa shape index (κ3) is 3.49. The van der Waals surface area contributed by atoms with E-state index in [9.17, 15) is 14.4 Å². The molecule has 188 valence electrons. The Balaban J connectivity index is 1.61. The van der Waals surface area contributed by atoms with Crippen molar-refractivity contribution >= 4 is 46.5 Å². The molecule has 0 bridgehead atoms. The molecule has 3 unspecified atom stereocenters. The number of rotatable bonds is 2. The molecule has 6 rings (SSSR count). The van der Waals surface area contributed by atoms with Crippen molar-refractivity contribution in [2.45, 2.75) is 38.5 Å². The summed E-state index contributed by atoms with van der Waals surface area (Å²) in [5.41, 5.74) is 0.951. The molecule has 2 fully saturated rings. The Morgan fingerprint density at radius 2 is 1.41 bits per heavy atom. The highest BCUT2D eigenvalue weighted by Crippen LogP contribution is 2.50. The average molecular weight is 516 g/mol.